The maximum atomic E-state index is 12.2. The van der Waals surface area contributed by atoms with Gasteiger partial charge >= 0.3 is 0 Å². The van der Waals surface area contributed by atoms with Crippen molar-refractivity contribution in [1.82, 2.24) is 9.97 Å². The van der Waals surface area contributed by atoms with Crippen molar-refractivity contribution in [3.8, 4) is 0 Å². The Morgan fingerprint density at radius 2 is 2.25 bits per heavy atom. The number of anilines is 2. The summed E-state index contributed by atoms with van der Waals surface area (Å²) < 4.78 is 0.846. The molecule has 0 fully saturated rings. The molecule has 0 saturated carbocycles. The number of carbonyl (C=O) groups excluding carboxylic acids is 1. The largest absolute Gasteiger partial charge is 0.370 e. The molecular weight excluding hydrogens is 364 g/mol. The molecule has 0 spiro atoms. The van der Waals surface area contributed by atoms with Gasteiger partial charge in [0.15, 0.2) is 5.13 Å². The van der Waals surface area contributed by atoms with Crippen LogP contribution in [0.3, 0.4) is 0 Å². The fourth-order valence-corrected chi connectivity index (χ4v) is 2.73. The quantitative estimate of drug-likeness (QED) is 0.828. The van der Waals surface area contributed by atoms with Gasteiger partial charge in [-0.05, 0) is 28.4 Å². The van der Waals surface area contributed by atoms with E-state index in [1.54, 1.807) is 12.3 Å². The van der Waals surface area contributed by atoms with Crippen LogP contribution in [0.5, 0.6) is 0 Å². The van der Waals surface area contributed by atoms with Gasteiger partial charge in [0.2, 0.25) is 0 Å². The summed E-state index contributed by atoms with van der Waals surface area (Å²) >= 11 is 10.6. The number of hydrogen-bond donors (Lipinski definition) is 2. The molecule has 0 saturated heterocycles. The van der Waals surface area contributed by atoms with Crippen molar-refractivity contribution in [1.29, 1.82) is 0 Å². The number of rotatable bonds is 5. The second kappa shape index (κ2) is 7.01. The molecular formula is C12H12BrClN4OS. The normalized spacial score (nSPS) is 10.3. The average Bonchev–Trinajstić information content (AvgIpc) is 2.83. The lowest BCUT2D eigenvalue weighted by molar-refractivity contribution is 0.102. The summed E-state index contributed by atoms with van der Waals surface area (Å²) in [7, 11) is 0. The van der Waals surface area contributed by atoms with Gasteiger partial charge in [0.25, 0.3) is 5.91 Å². The van der Waals surface area contributed by atoms with Crippen LogP contribution in [0.15, 0.2) is 22.2 Å². The van der Waals surface area contributed by atoms with E-state index >= 15 is 0 Å². The van der Waals surface area contributed by atoms with Gasteiger partial charge in [-0.15, -0.1) is 0 Å². The van der Waals surface area contributed by atoms with E-state index in [-0.39, 0.29) is 5.91 Å². The monoisotopic (exact) mass is 374 g/mol. The topological polar surface area (TPSA) is 66.9 Å². The average molecular weight is 376 g/mol. The fourth-order valence-electron chi connectivity index (χ4n) is 1.44. The molecule has 106 valence electrons. The zero-order valence-electron chi connectivity index (χ0n) is 10.6. The van der Waals surface area contributed by atoms with E-state index in [9.17, 15) is 4.79 Å². The SMILES string of the molecule is CCCNc1cc(C(=O)Nc2ncc(Br)s2)c(Cl)cn1. The minimum Gasteiger partial charge on any atom is -0.370 e. The Morgan fingerprint density at radius 3 is 2.90 bits per heavy atom. The van der Waals surface area contributed by atoms with Crippen LogP contribution in [0.4, 0.5) is 10.9 Å². The van der Waals surface area contributed by atoms with Gasteiger partial charge in [0, 0.05) is 12.7 Å². The maximum absolute atomic E-state index is 12.2. The number of aromatic nitrogens is 2. The van der Waals surface area contributed by atoms with Crippen molar-refractivity contribution < 1.29 is 4.79 Å². The molecule has 2 heterocycles. The summed E-state index contributed by atoms with van der Waals surface area (Å²) in [5.74, 6) is 0.320. The maximum Gasteiger partial charge on any atom is 0.259 e. The number of nitrogens with zero attached hydrogens (tertiary/aromatic N) is 2. The first-order chi connectivity index (χ1) is 9.60. The second-order valence-corrected chi connectivity index (χ2v) is 6.72. The number of pyridine rings is 1. The lowest BCUT2D eigenvalue weighted by atomic mass is 10.2. The minimum absolute atomic E-state index is 0.306. The Morgan fingerprint density at radius 1 is 1.45 bits per heavy atom. The van der Waals surface area contributed by atoms with E-state index in [0.717, 1.165) is 16.8 Å². The molecule has 0 aliphatic rings. The summed E-state index contributed by atoms with van der Waals surface area (Å²) in [5.41, 5.74) is 0.367. The van der Waals surface area contributed by atoms with E-state index < -0.39 is 0 Å². The van der Waals surface area contributed by atoms with Crippen LogP contribution in [0.2, 0.25) is 5.02 Å². The third-order valence-corrected chi connectivity index (χ3v) is 4.05. The first-order valence-corrected chi connectivity index (χ1v) is 7.91. The highest BCUT2D eigenvalue weighted by Gasteiger charge is 2.14. The summed E-state index contributed by atoms with van der Waals surface area (Å²) in [4.78, 5) is 20.3. The van der Waals surface area contributed by atoms with Crippen molar-refractivity contribution in [3.63, 3.8) is 0 Å². The molecule has 0 bridgehead atoms. The van der Waals surface area contributed by atoms with Gasteiger partial charge in [0.1, 0.15) is 5.82 Å². The highest BCUT2D eigenvalue weighted by Crippen LogP contribution is 2.25. The van der Waals surface area contributed by atoms with Gasteiger partial charge < -0.3 is 5.32 Å². The van der Waals surface area contributed by atoms with E-state index in [1.807, 2.05) is 0 Å². The number of hydrogen-bond acceptors (Lipinski definition) is 5. The first-order valence-electron chi connectivity index (χ1n) is 5.92. The van der Waals surface area contributed by atoms with Gasteiger partial charge in [-0.1, -0.05) is 29.9 Å². The van der Waals surface area contributed by atoms with Crippen molar-refractivity contribution >= 4 is 55.7 Å². The lowest BCUT2D eigenvalue weighted by Crippen LogP contribution is -2.13. The van der Waals surface area contributed by atoms with Crippen molar-refractivity contribution in [3.05, 3.63) is 32.8 Å². The van der Waals surface area contributed by atoms with E-state index in [1.165, 1.54) is 17.5 Å². The van der Waals surface area contributed by atoms with Crippen LogP contribution >= 0.6 is 38.9 Å². The van der Waals surface area contributed by atoms with Gasteiger partial charge in [-0.3, -0.25) is 10.1 Å². The minimum atomic E-state index is -0.307. The molecule has 2 aromatic rings. The molecule has 0 unspecified atom stereocenters. The number of thiazole rings is 1. The van der Waals surface area contributed by atoms with Gasteiger partial charge in [-0.2, -0.15) is 0 Å². The van der Waals surface area contributed by atoms with Gasteiger partial charge in [0.05, 0.1) is 20.6 Å². The van der Waals surface area contributed by atoms with Crippen LogP contribution < -0.4 is 10.6 Å². The van der Waals surface area contributed by atoms with E-state index in [4.69, 9.17) is 11.6 Å². The Labute approximate surface area is 133 Å². The summed E-state index contributed by atoms with van der Waals surface area (Å²) in [6.07, 6.45) is 4.06. The fraction of sp³-hybridized carbons (Fsp3) is 0.250. The molecule has 0 aliphatic heterocycles. The molecule has 5 nitrogen and oxygen atoms in total. The molecule has 2 aromatic heterocycles. The summed E-state index contributed by atoms with van der Waals surface area (Å²) in [6.45, 7) is 2.84. The Bertz CT molecular complexity index is 619. The van der Waals surface area contributed by atoms with Crippen LogP contribution in [-0.2, 0) is 0 Å². The van der Waals surface area contributed by atoms with Crippen molar-refractivity contribution in [2.24, 2.45) is 0 Å². The Balaban J connectivity index is 2.15. The van der Waals surface area contributed by atoms with Crippen LogP contribution in [0, 0.1) is 0 Å². The van der Waals surface area contributed by atoms with Crippen LogP contribution in [0.1, 0.15) is 23.7 Å². The number of nitrogens with one attached hydrogen (secondary N) is 2. The number of amides is 1. The second-order valence-electron chi connectivity index (χ2n) is 3.90. The van der Waals surface area contributed by atoms with Crippen LogP contribution in [0.25, 0.3) is 0 Å². The summed E-state index contributed by atoms with van der Waals surface area (Å²) in [6, 6.07) is 1.63. The molecule has 1 amide bonds. The van der Waals surface area contributed by atoms with E-state index in [0.29, 0.717) is 21.5 Å². The van der Waals surface area contributed by atoms with Gasteiger partial charge in [-0.25, -0.2) is 9.97 Å². The molecule has 2 N–H and O–H groups in total. The first kappa shape index (κ1) is 15.2. The highest BCUT2D eigenvalue weighted by atomic mass is 79.9. The third kappa shape index (κ3) is 3.91. The lowest BCUT2D eigenvalue weighted by Gasteiger charge is -2.08. The molecule has 0 radical (unpaired) electrons. The number of carbonyl (C=O) groups is 1. The molecule has 0 aliphatic carbocycles. The molecule has 0 atom stereocenters. The molecule has 20 heavy (non-hydrogen) atoms. The third-order valence-electron chi connectivity index (χ3n) is 2.35. The van der Waals surface area contributed by atoms with Crippen LogP contribution in [-0.4, -0.2) is 22.4 Å². The highest BCUT2D eigenvalue weighted by molar-refractivity contribution is 9.11. The summed E-state index contributed by atoms with van der Waals surface area (Å²) in [5, 5.41) is 6.63. The zero-order chi connectivity index (χ0) is 14.5. The van der Waals surface area contributed by atoms with Crippen molar-refractivity contribution in [2.45, 2.75) is 13.3 Å². The standard InChI is InChI=1S/C12H12BrClN4OS/c1-2-3-15-10-4-7(8(14)5-16-10)11(19)18-12-17-6-9(13)20-12/h4-6H,2-3H2,1H3,(H,15,16)(H,17,18,19). The Hall–Kier alpha value is -1.18. The zero-order valence-corrected chi connectivity index (χ0v) is 13.8. The molecule has 8 heteroatoms. The smallest absolute Gasteiger partial charge is 0.259 e. The number of halogens is 2. The van der Waals surface area contributed by atoms with E-state index in [2.05, 4.69) is 43.5 Å². The van der Waals surface area contributed by atoms with Crippen molar-refractivity contribution in [2.75, 3.05) is 17.2 Å². The molecule has 2 rings (SSSR count). The molecule has 0 aromatic carbocycles. The predicted octanol–water partition coefficient (Wildman–Crippen LogP) is 4.03. The predicted molar refractivity (Wildman–Crippen MR) is 85.8 cm³/mol. The Kier molecular flexibility index (Phi) is 5.33.